The van der Waals surface area contributed by atoms with Crippen molar-refractivity contribution in [1.29, 1.82) is 5.41 Å². The topological polar surface area (TPSA) is 106 Å². The van der Waals surface area contributed by atoms with Crippen molar-refractivity contribution in [3.05, 3.63) is 24.3 Å². The summed E-state index contributed by atoms with van der Waals surface area (Å²) in [6.07, 6.45) is 2.14. The first-order chi connectivity index (χ1) is 12.2. The summed E-state index contributed by atoms with van der Waals surface area (Å²) in [6.45, 7) is 9.25. The summed E-state index contributed by atoms with van der Waals surface area (Å²) in [4.78, 5) is 14.3. The molecule has 0 atom stereocenters. The molecule has 6 N–H and O–H groups in total. The van der Waals surface area contributed by atoms with Crippen LogP contribution in [-0.4, -0.2) is 43.6 Å². The van der Waals surface area contributed by atoms with Gasteiger partial charge in [-0.25, -0.2) is 0 Å². The van der Waals surface area contributed by atoms with Crippen LogP contribution in [0.1, 0.15) is 33.6 Å². The van der Waals surface area contributed by atoms with Gasteiger partial charge < -0.3 is 26.6 Å². The van der Waals surface area contributed by atoms with E-state index in [1.165, 1.54) is 5.69 Å². The SMILES string of the molecule is CC(C)(C)NCC(=O)NCC1CCN(c2ccc(NC(=N)N)cc2)CC1. The average Bonchev–Trinajstić information content (AvgIpc) is 2.58. The number of nitrogens with one attached hydrogen (secondary N) is 4. The van der Waals surface area contributed by atoms with E-state index in [0.29, 0.717) is 12.5 Å². The third-order valence-corrected chi connectivity index (χ3v) is 4.49. The lowest BCUT2D eigenvalue weighted by atomic mass is 9.96. The quantitative estimate of drug-likeness (QED) is 0.392. The first-order valence-corrected chi connectivity index (χ1v) is 9.21. The summed E-state index contributed by atoms with van der Waals surface area (Å²) in [5.41, 5.74) is 7.29. The highest BCUT2D eigenvalue weighted by Crippen LogP contribution is 2.24. The Morgan fingerprint density at radius 2 is 1.85 bits per heavy atom. The van der Waals surface area contributed by atoms with E-state index in [-0.39, 0.29) is 17.4 Å². The molecular formula is C19H32N6O. The number of carbonyl (C=O) groups excluding carboxylic acids is 1. The van der Waals surface area contributed by atoms with Gasteiger partial charge in [0.25, 0.3) is 0 Å². The van der Waals surface area contributed by atoms with Crippen LogP contribution in [0, 0.1) is 11.3 Å². The van der Waals surface area contributed by atoms with Crippen LogP contribution < -0.4 is 26.6 Å². The second-order valence-corrected chi connectivity index (χ2v) is 7.92. The number of piperidine rings is 1. The summed E-state index contributed by atoms with van der Waals surface area (Å²) in [6, 6.07) is 7.97. The van der Waals surface area contributed by atoms with Crippen LogP contribution in [0.5, 0.6) is 0 Å². The Balaban J connectivity index is 1.71. The summed E-state index contributed by atoms with van der Waals surface area (Å²) in [7, 11) is 0. The molecular weight excluding hydrogens is 328 g/mol. The van der Waals surface area contributed by atoms with Crippen LogP contribution >= 0.6 is 0 Å². The number of anilines is 2. The van der Waals surface area contributed by atoms with E-state index in [0.717, 1.165) is 38.2 Å². The average molecular weight is 361 g/mol. The normalized spacial score (nSPS) is 15.6. The molecule has 144 valence electrons. The maximum absolute atomic E-state index is 11.9. The summed E-state index contributed by atoms with van der Waals surface area (Å²) in [5, 5.41) is 16.3. The molecule has 1 amide bonds. The molecule has 1 aliphatic heterocycles. The number of hydrogen-bond donors (Lipinski definition) is 5. The Labute approximate surface area is 156 Å². The Bertz CT molecular complexity index is 599. The van der Waals surface area contributed by atoms with E-state index in [9.17, 15) is 4.79 Å². The number of carbonyl (C=O) groups is 1. The first kappa shape index (κ1) is 20.0. The minimum atomic E-state index is -0.0571. The molecule has 2 rings (SSSR count). The lowest BCUT2D eigenvalue weighted by Gasteiger charge is -2.34. The van der Waals surface area contributed by atoms with Gasteiger partial charge in [-0.2, -0.15) is 0 Å². The largest absolute Gasteiger partial charge is 0.372 e. The third-order valence-electron chi connectivity index (χ3n) is 4.49. The van der Waals surface area contributed by atoms with Crippen molar-refractivity contribution >= 4 is 23.2 Å². The molecule has 1 heterocycles. The van der Waals surface area contributed by atoms with Gasteiger partial charge >= 0.3 is 0 Å². The standard InChI is InChI=1S/C19H32N6O/c1-19(2,3)23-13-17(26)22-12-14-8-10-25(11-9-14)16-6-4-15(5-7-16)24-18(20)21/h4-7,14,23H,8-13H2,1-3H3,(H,22,26)(H4,20,21,24). The molecule has 0 aromatic heterocycles. The lowest BCUT2D eigenvalue weighted by molar-refractivity contribution is -0.120. The van der Waals surface area contributed by atoms with Crippen LogP contribution in [0.15, 0.2) is 24.3 Å². The molecule has 1 aromatic carbocycles. The minimum Gasteiger partial charge on any atom is -0.372 e. The van der Waals surface area contributed by atoms with E-state index in [1.807, 2.05) is 24.3 Å². The van der Waals surface area contributed by atoms with Crippen LogP contribution in [0.25, 0.3) is 0 Å². The van der Waals surface area contributed by atoms with Gasteiger partial charge in [0.1, 0.15) is 0 Å². The Morgan fingerprint density at radius 1 is 1.23 bits per heavy atom. The van der Waals surface area contributed by atoms with Crippen molar-refractivity contribution in [1.82, 2.24) is 10.6 Å². The van der Waals surface area contributed by atoms with E-state index in [4.69, 9.17) is 11.1 Å². The van der Waals surface area contributed by atoms with Gasteiger partial charge in [0.15, 0.2) is 5.96 Å². The second kappa shape index (κ2) is 8.89. The fourth-order valence-electron chi connectivity index (χ4n) is 2.97. The number of guanidine groups is 1. The van der Waals surface area contributed by atoms with Gasteiger partial charge in [0.05, 0.1) is 6.54 Å². The summed E-state index contributed by atoms with van der Waals surface area (Å²) < 4.78 is 0. The smallest absolute Gasteiger partial charge is 0.233 e. The molecule has 0 unspecified atom stereocenters. The third kappa shape index (κ3) is 6.92. The molecule has 26 heavy (non-hydrogen) atoms. The maximum atomic E-state index is 11.9. The molecule has 0 spiro atoms. The van der Waals surface area contributed by atoms with Crippen molar-refractivity contribution in [2.75, 3.05) is 36.4 Å². The predicted molar refractivity (Wildman–Crippen MR) is 108 cm³/mol. The molecule has 7 heteroatoms. The molecule has 7 nitrogen and oxygen atoms in total. The highest BCUT2D eigenvalue weighted by molar-refractivity contribution is 5.89. The van der Waals surface area contributed by atoms with Crippen molar-refractivity contribution < 1.29 is 4.79 Å². The molecule has 1 aromatic rings. The fourth-order valence-corrected chi connectivity index (χ4v) is 2.97. The molecule has 1 aliphatic rings. The highest BCUT2D eigenvalue weighted by atomic mass is 16.1. The van der Waals surface area contributed by atoms with Crippen LogP contribution in [-0.2, 0) is 4.79 Å². The van der Waals surface area contributed by atoms with E-state index in [1.54, 1.807) is 0 Å². The van der Waals surface area contributed by atoms with E-state index >= 15 is 0 Å². The number of rotatable bonds is 6. The minimum absolute atomic E-state index is 0.0435. The van der Waals surface area contributed by atoms with Crippen molar-refractivity contribution in [2.24, 2.45) is 11.7 Å². The zero-order valence-corrected chi connectivity index (χ0v) is 16.1. The van der Waals surface area contributed by atoms with Crippen LogP contribution in [0.3, 0.4) is 0 Å². The van der Waals surface area contributed by atoms with Crippen LogP contribution in [0.2, 0.25) is 0 Å². The van der Waals surface area contributed by atoms with Gasteiger partial charge in [-0.15, -0.1) is 0 Å². The summed E-state index contributed by atoms with van der Waals surface area (Å²) >= 11 is 0. The fraction of sp³-hybridized carbons (Fsp3) is 0.579. The zero-order chi connectivity index (χ0) is 19.2. The Hall–Kier alpha value is -2.28. The molecule has 0 saturated carbocycles. The van der Waals surface area contributed by atoms with E-state index in [2.05, 4.69) is 41.6 Å². The molecule has 1 fully saturated rings. The molecule has 0 bridgehead atoms. The van der Waals surface area contributed by atoms with Crippen molar-refractivity contribution in [2.45, 2.75) is 39.2 Å². The van der Waals surface area contributed by atoms with Gasteiger partial charge in [-0.3, -0.25) is 10.2 Å². The van der Waals surface area contributed by atoms with Crippen LogP contribution in [0.4, 0.5) is 11.4 Å². The van der Waals surface area contributed by atoms with Gasteiger partial charge in [-0.1, -0.05) is 0 Å². The monoisotopic (exact) mass is 360 g/mol. The molecule has 1 saturated heterocycles. The van der Waals surface area contributed by atoms with Crippen molar-refractivity contribution in [3.8, 4) is 0 Å². The number of benzene rings is 1. The number of hydrogen-bond acceptors (Lipinski definition) is 4. The summed E-state index contributed by atoms with van der Waals surface area (Å²) in [5.74, 6) is 0.540. The van der Waals surface area contributed by atoms with Gasteiger partial charge in [-0.05, 0) is 63.8 Å². The predicted octanol–water partition coefficient (Wildman–Crippen LogP) is 1.71. The Kier molecular flexibility index (Phi) is 6.85. The number of nitrogens with zero attached hydrogens (tertiary/aromatic N) is 1. The Morgan fingerprint density at radius 3 is 2.38 bits per heavy atom. The van der Waals surface area contributed by atoms with E-state index < -0.39 is 0 Å². The number of nitrogens with two attached hydrogens (primary N) is 1. The number of amides is 1. The highest BCUT2D eigenvalue weighted by Gasteiger charge is 2.20. The van der Waals surface area contributed by atoms with Gasteiger partial charge in [0.2, 0.25) is 5.91 Å². The van der Waals surface area contributed by atoms with Crippen molar-refractivity contribution in [3.63, 3.8) is 0 Å². The maximum Gasteiger partial charge on any atom is 0.233 e. The first-order valence-electron chi connectivity index (χ1n) is 9.21. The van der Waals surface area contributed by atoms with Gasteiger partial charge in [0, 0.05) is 36.5 Å². The lowest BCUT2D eigenvalue weighted by Crippen LogP contribution is -2.45. The zero-order valence-electron chi connectivity index (χ0n) is 16.1. The molecule has 0 aliphatic carbocycles. The second-order valence-electron chi connectivity index (χ2n) is 7.92. The molecule has 0 radical (unpaired) electrons.